The Hall–Kier alpha value is -0.900. The van der Waals surface area contributed by atoms with Gasteiger partial charge in [-0.2, -0.15) is 0 Å². The lowest BCUT2D eigenvalue weighted by Gasteiger charge is -2.35. The molecule has 0 radical (unpaired) electrons. The minimum absolute atomic E-state index is 0.399. The van der Waals surface area contributed by atoms with Crippen LogP contribution in [0.4, 0.5) is 0 Å². The van der Waals surface area contributed by atoms with Crippen molar-refractivity contribution in [3.8, 4) is 0 Å². The van der Waals surface area contributed by atoms with Gasteiger partial charge in [-0.15, -0.1) is 0 Å². The Morgan fingerprint density at radius 2 is 2.19 bits per heavy atom. The van der Waals surface area contributed by atoms with Crippen LogP contribution in [0.2, 0.25) is 0 Å². The number of rotatable bonds is 7. The fourth-order valence-electron chi connectivity index (χ4n) is 3.18. The highest BCUT2D eigenvalue weighted by molar-refractivity contribution is 5.29. The molecule has 2 rings (SSSR count). The van der Waals surface area contributed by atoms with Crippen molar-refractivity contribution < 1.29 is 4.74 Å². The van der Waals surface area contributed by atoms with Crippen LogP contribution >= 0.6 is 0 Å². The first-order chi connectivity index (χ1) is 10.2. The van der Waals surface area contributed by atoms with Gasteiger partial charge in [0.1, 0.15) is 0 Å². The largest absolute Gasteiger partial charge is 0.377 e. The Morgan fingerprint density at radius 1 is 1.38 bits per heavy atom. The van der Waals surface area contributed by atoms with Gasteiger partial charge >= 0.3 is 0 Å². The van der Waals surface area contributed by atoms with Crippen molar-refractivity contribution in [1.29, 1.82) is 0 Å². The summed E-state index contributed by atoms with van der Waals surface area (Å²) in [5, 5.41) is 3.48. The molecule has 118 valence electrons. The summed E-state index contributed by atoms with van der Waals surface area (Å²) in [7, 11) is 2.06. The lowest BCUT2D eigenvalue weighted by Crippen LogP contribution is -2.43. The van der Waals surface area contributed by atoms with Gasteiger partial charge in [-0.05, 0) is 50.9 Å². The van der Waals surface area contributed by atoms with Gasteiger partial charge in [0, 0.05) is 25.7 Å². The maximum absolute atomic E-state index is 5.94. The first-order valence-electron chi connectivity index (χ1n) is 8.31. The Morgan fingerprint density at radius 3 is 2.90 bits per heavy atom. The zero-order valence-electron chi connectivity index (χ0n) is 13.8. The second kappa shape index (κ2) is 8.52. The zero-order chi connectivity index (χ0) is 15.1. The fraction of sp³-hybridized carbons (Fsp3) is 0.667. The Kier molecular flexibility index (Phi) is 6.68. The molecule has 0 saturated carbocycles. The monoisotopic (exact) mass is 290 g/mol. The van der Waals surface area contributed by atoms with Gasteiger partial charge < -0.3 is 10.1 Å². The van der Waals surface area contributed by atoms with Crippen LogP contribution in [0.3, 0.4) is 0 Å². The third-order valence-electron chi connectivity index (χ3n) is 4.37. The molecule has 1 aliphatic rings. The number of benzene rings is 1. The van der Waals surface area contributed by atoms with Gasteiger partial charge in [0.2, 0.25) is 0 Å². The van der Waals surface area contributed by atoms with Gasteiger partial charge in [0.15, 0.2) is 0 Å². The van der Waals surface area contributed by atoms with E-state index in [2.05, 4.69) is 55.4 Å². The van der Waals surface area contributed by atoms with Crippen molar-refractivity contribution in [1.82, 2.24) is 10.2 Å². The van der Waals surface area contributed by atoms with Crippen molar-refractivity contribution in [2.24, 2.45) is 0 Å². The number of hydrogen-bond acceptors (Lipinski definition) is 3. The van der Waals surface area contributed by atoms with Crippen LogP contribution < -0.4 is 5.32 Å². The van der Waals surface area contributed by atoms with Gasteiger partial charge in [0.05, 0.1) is 6.10 Å². The number of nitrogens with zero attached hydrogens (tertiary/aromatic N) is 1. The quantitative estimate of drug-likeness (QED) is 0.835. The highest BCUT2D eigenvalue weighted by Gasteiger charge is 2.23. The maximum atomic E-state index is 5.94. The molecular weight excluding hydrogens is 260 g/mol. The van der Waals surface area contributed by atoms with Crippen LogP contribution in [-0.4, -0.2) is 44.3 Å². The average Bonchev–Trinajstić information content (AvgIpc) is 2.52. The van der Waals surface area contributed by atoms with Gasteiger partial charge in [0.25, 0.3) is 0 Å². The number of piperidine rings is 1. The van der Waals surface area contributed by atoms with Crippen LogP contribution in [0.5, 0.6) is 0 Å². The summed E-state index contributed by atoms with van der Waals surface area (Å²) < 4.78 is 5.94. The van der Waals surface area contributed by atoms with E-state index in [-0.39, 0.29) is 0 Å². The summed E-state index contributed by atoms with van der Waals surface area (Å²) in [6.07, 6.45) is 4.00. The molecular formula is C18H30N2O. The molecule has 0 amide bonds. The number of aryl methyl sites for hydroxylation is 1. The maximum Gasteiger partial charge on any atom is 0.0702 e. The van der Waals surface area contributed by atoms with Crippen molar-refractivity contribution in [3.05, 3.63) is 35.4 Å². The molecule has 3 heteroatoms. The van der Waals surface area contributed by atoms with Crippen molar-refractivity contribution in [2.75, 3.05) is 33.3 Å². The summed E-state index contributed by atoms with van der Waals surface area (Å²) >= 11 is 0. The third kappa shape index (κ3) is 4.80. The standard InChI is InChI=1S/C18H30N2O/c1-4-12-21-16-9-7-11-20(13-16)14-18(19-3)17-10-6-5-8-15(17)2/h5-6,8,10,16,18-19H,4,7,9,11-14H2,1-3H3. The molecule has 1 aliphatic heterocycles. The highest BCUT2D eigenvalue weighted by atomic mass is 16.5. The van der Waals surface area contributed by atoms with E-state index in [1.165, 1.54) is 30.5 Å². The lowest BCUT2D eigenvalue weighted by atomic mass is 9.99. The van der Waals surface area contributed by atoms with E-state index in [0.29, 0.717) is 12.1 Å². The molecule has 0 aliphatic carbocycles. The highest BCUT2D eigenvalue weighted by Crippen LogP contribution is 2.21. The predicted molar refractivity (Wildman–Crippen MR) is 88.7 cm³/mol. The van der Waals surface area contributed by atoms with E-state index in [1.54, 1.807) is 0 Å². The number of ether oxygens (including phenoxy) is 1. The zero-order valence-corrected chi connectivity index (χ0v) is 13.8. The van der Waals surface area contributed by atoms with E-state index >= 15 is 0 Å². The van der Waals surface area contributed by atoms with E-state index in [1.807, 2.05) is 0 Å². The molecule has 2 atom stereocenters. The summed E-state index contributed by atoms with van der Waals surface area (Å²) in [6, 6.07) is 9.09. The lowest BCUT2D eigenvalue weighted by molar-refractivity contribution is -0.00214. The molecule has 21 heavy (non-hydrogen) atoms. The Balaban J connectivity index is 1.94. The second-order valence-electron chi connectivity index (χ2n) is 6.09. The minimum atomic E-state index is 0.399. The Bertz CT molecular complexity index is 421. The molecule has 1 aromatic carbocycles. The molecule has 2 unspecified atom stereocenters. The second-order valence-corrected chi connectivity index (χ2v) is 6.09. The molecule has 1 N–H and O–H groups in total. The molecule has 3 nitrogen and oxygen atoms in total. The number of hydrogen-bond donors (Lipinski definition) is 1. The molecule has 1 saturated heterocycles. The molecule has 1 aromatic rings. The van der Waals surface area contributed by atoms with Gasteiger partial charge in [-0.25, -0.2) is 0 Å². The summed E-state index contributed by atoms with van der Waals surface area (Å²) in [5.74, 6) is 0. The van der Waals surface area contributed by atoms with Crippen LogP contribution in [0.1, 0.15) is 43.4 Å². The van der Waals surface area contributed by atoms with Crippen molar-refractivity contribution >= 4 is 0 Å². The molecule has 0 bridgehead atoms. The smallest absolute Gasteiger partial charge is 0.0702 e. The van der Waals surface area contributed by atoms with Crippen LogP contribution in [0.25, 0.3) is 0 Å². The first kappa shape index (κ1) is 16.5. The number of nitrogens with one attached hydrogen (secondary N) is 1. The van der Waals surface area contributed by atoms with Crippen LogP contribution in [0, 0.1) is 6.92 Å². The summed E-state index contributed by atoms with van der Waals surface area (Å²) in [4.78, 5) is 2.55. The van der Waals surface area contributed by atoms with E-state index in [0.717, 1.165) is 26.1 Å². The molecule has 0 spiro atoms. The minimum Gasteiger partial charge on any atom is -0.377 e. The first-order valence-corrected chi connectivity index (χ1v) is 8.31. The molecule has 0 aromatic heterocycles. The normalized spacial score (nSPS) is 21.4. The number of likely N-dealkylation sites (tertiary alicyclic amines) is 1. The van der Waals surface area contributed by atoms with E-state index in [4.69, 9.17) is 4.74 Å². The fourth-order valence-corrected chi connectivity index (χ4v) is 3.18. The van der Waals surface area contributed by atoms with Gasteiger partial charge in [-0.1, -0.05) is 31.2 Å². The molecule has 1 fully saturated rings. The topological polar surface area (TPSA) is 24.5 Å². The summed E-state index contributed by atoms with van der Waals surface area (Å²) in [6.45, 7) is 8.60. The van der Waals surface area contributed by atoms with Crippen molar-refractivity contribution in [2.45, 2.75) is 45.3 Å². The van der Waals surface area contributed by atoms with Crippen LogP contribution in [0.15, 0.2) is 24.3 Å². The van der Waals surface area contributed by atoms with Crippen LogP contribution in [-0.2, 0) is 4.74 Å². The number of likely N-dealkylation sites (N-methyl/N-ethyl adjacent to an activating group) is 1. The SMILES string of the molecule is CCCOC1CCCN(CC(NC)c2ccccc2C)C1. The van der Waals surface area contributed by atoms with E-state index < -0.39 is 0 Å². The summed E-state index contributed by atoms with van der Waals surface area (Å²) in [5.41, 5.74) is 2.78. The van der Waals surface area contributed by atoms with Crippen molar-refractivity contribution in [3.63, 3.8) is 0 Å². The van der Waals surface area contributed by atoms with Gasteiger partial charge in [-0.3, -0.25) is 4.90 Å². The predicted octanol–water partition coefficient (Wildman–Crippen LogP) is 3.15. The van der Waals surface area contributed by atoms with E-state index in [9.17, 15) is 0 Å². The average molecular weight is 290 g/mol. The third-order valence-corrected chi connectivity index (χ3v) is 4.37. The molecule has 1 heterocycles. The Labute approximate surface area is 129 Å².